The van der Waals surface area contributed by atoms with Crippen molar-refractivity contribution in [2.45, 2.75) is 13.3 Å². The molecule has 0 bridgehead atoms. The monoisotopic (exact) mass is 215 g/mol. The van der Waals surface area contributed by atoms with E-state index in [1.165, 1.54) is 11.6 Å². The highest BCUT2D eigenvalue weighted by atomic mass is 19.1. The van der Waals surface area contributed by atoms with Gasteiger partial charge in [0.25, 0.3) is 0 Å². The Morgan fingerprint density at radius 3 is 2.69 bits per heavy atom. The van der Waals surface area contributed by atoms with Crippen LogP contribution in [0.4, 0.5) is 10.1 Å². The average molecular weight is 215 g/mol. The fraction of sp³-hybridized carbons (Fsp3) is 0.143. The highest BCUT2D eigenvalue weighted by Crippen LogP contribution is 2.18. The number of nitrogen functional groups attached to an aromatic ring is 1. The van der Waals surface area contributed by atoms with Crippen LogP contribution in [0.5, 0.6) is 0 Å². The lowest BCUT2D eigenvalue weighted by atomic mass is 10.0. The van der Waals surface area contributed by atoms with Gasteiger partial charge in [-0.25, -0.2) is 4.39 Å². The molecular formula is C14H14FN. The van der Waals surface area contributed by atoms with E-state index in [4.69, 9.17) is 5.73 Å². The molecule has 0 aromatic heterocycles. The van der Waals surface area contributed by atoms with Crippen LogP contribution in [0.1, 0.15) is 16.7 Å². The van der Waals surface area contributed by atoms with Crippen molar-refractivity contribution in [2.24, 2.45) is 0 Å². The lowest BCUT2D eigenvalue weighted by Crippen LogP contribution is -1.96. The lowest BCUT2D eigenvalue weighted by Gasteiger charge is -2.07. The fourth-order valence-corrected chi connectivity index (χ4v) is 1.75. The Bertz CT molecular complexity index is 506. The second kappa shape index (κ2) is 4.35. The van der Waals surface area contributed by atoms with Gasteiger partial charge in [0, 0.05) is 5.69 Å². The first-order chi connectivity index (χ1) is 7.65. The molecule has 0 saturated carbocycles. The maximum absolute atomic E-state index is 13.0. The average Bonchev–Trinajstić information content (AvgIpc) is 2.24. The van der Waals surface area contributed by atoms with Crippen LogP contribution in [0.25, 0.3) is 0 Å². The third kappa shape index (κ3) is 2.40. The number of halogens is 1. The minimum Gasteiger partial charge on any atom is -0.398 e. The minimum absolute atomic E-state index is 0.205. The van der Waals surface area contributed by atoms with Gasteiger partial charge in [-0.3, -0.25) is 0 Å². The predicted octanol–water partition coefficient (Wildman–Crippen LogP) is 3.31. The highest BCUT2D eigenvalue weighted by molar-refractivity contribution is 5.50. The van der Waals surface area contributed by atoms with Gasteiger partial charge >= 0.3 is 0 Å². The molecule has 82 valence electrons. The first kappa shape index (κ1) is 10.7. The second-order valence-electron chi connectivity index (χ2n) is 4.01. The molecule has 2 aromatic rings. The van der Waals surface area contributed by atoms with Crippen molar-refractivity contribution in [3.63, 3.8) is 0 Å². The second-order valence-corrected chi connectivity index (χ2v) is 4.01. The molecular weight excluding hydrogens is 201 g/mol. The molecule has 0 spiro atoms. The van der Waals surface area contributed by atoms with Gasteiger partial charge in [0.05, 0.1) is 0 Å². The molecule has 0 aliphatic carbocycles. The van der Waals surface area contributed by atoms with Crippen molar-refractivity contribution in [2.75, 3.05) is 5.73 Å². The van der Waals surface area contributed by atoms with Crippen LogP contribution in [0.2, 0.25) is 0 Å². The summed E-state index contributed by atoms with van der Waals surface area (Å²) in [5.74, 6) is -0.205. The number of rotatable bonds is 2. The maximum atomic E-state index is 13.0. The molecule has 0 saturated heterocycles. The molecule has 0 heterocycles. The van der Waals surface area contributed by atoms with E-state index in [2.05, 4.69) is 0 Å². The molecule has 0 amide bonds. The summed E-state index contributed by atoms with van der Waals surface area (Å²) in [5, 5.41) is 0. The van der Waals surface area contributed by atoms with Crippen molar-refractivity contribution in [3.05, 3.63) is 65.0 Å². The summed E-state index contributed by atoms with van der Waals surface area (Å²) in [7, 11) is 0. The first-order valence-electron chi connectivity index (χ1n) is 5.24. The van der Waals surface area contributed by atoms with Crippen LogP contribution in [-0.4, -0.2) is 0 Å². The molecule has 0 aliphatic heterocycles. The molecule has 0 fully saturated rings. The number of nitrogens with two attached hydrogens (primary N) is 1. The molecule has 0 atom stereocenters. The van der Waals surface area contributed by atoms with E-state index < -0.39 is 0 Å². The first-order valence-corrected chi connectivity index (χ1v) is 5.24. The molecule has 1 nitrogen and oxygen atoms in total. The molecule has 2 rings (SSSR count). The van der Waals surface area contributed by atoms with Gasteiger partial charge in [0.2, 0.25) is 0 Å². The molecule has 2 N–H and O–H groups in total. The molecule has 0 aliphatic rings. The number of aryl methyl sites for hydroxylation is 1. The summed E-state index contributed by atoms with van der Waals surface area (Å²) in [6.45, 7) is 2.02. The summed E-state index contributed by atoms with van der Waals surface area (Å²) in [5.41, 5.74) is 9.80. The highest BCUT2D eigenvalue weighted by Gasteiger charge is 2.02. The van der Waals surface area contributed by atoms with Crippen molar-refractivity contribution in [3.8, 4) is 0 Å². The Labute approximate surface area is 94.7 Å². The summed E-state index contributed by atoms with van der Waals surface area (Å²) >= 11 is 0. The Balaban J connectivity index is 2.30. The van der Waals surface area contributed by atoms with Crippen molar-refractivity contribution >= 4 is 5.69 Å². The molecule has 0 unspecified atom stereocenters. The van der Waals surface area contributed by atoms with Crippen LogP contribution in [0, 0.1) is 12.7 Å². The number of hydrogen-bond acceptors (Lipinski definition) is 1. The largest absolute Gasteiger partial charge is 0.398 e. The van der Waals surface area contributed by atoms with Gasteiger partial charge in [0.15, 0.2) is 0 Å². The third-order valence-electron chi connectivity index (χ3n) is 2.58. The van der Waals surface area contributed by atoms with Crippen LogP contribution < -0.4 is 5.73 Å². The molecule has 0 radical (unpaired) electrons. The van der Waals surface area contributed by atoms with E-state index >= 15 is 0 Å². The normalized spacial score (nSPS) is 10.4. The summed E-state index contributed by atoms with van der Waals surface area (Å²) in [6.07, 6.45) is 0.672. The van der Waals surface area contributed by atoms with E-state index in [9.17, 15) is 4.39 Å². The van der Waals surface area contributed by atoms with Crippen LogP contribution in [0.15, 0.2) is 42.5 Å². The van der Waals surface area contributed by atoms with Crippen molar-refractivity contribution < 1.29 is 4.39 Å². The van der Waals surface area contributed by atoms with Gasteiger partial charge in [-0.2, -0.15) is 0 Å². The lowest BCUT2D eigenvalue weighted by molar-refractivity contribution is 0.626. The van der Waals surface area contributed by atoms with Crippen molar-refractivity contribution in [1.82, 2.24) is 0 Å². The zero-order valence-corrected chi connectivity index (χ0v) is 9.20. The smallest absolute Gasteiger partial charge is 0.123 e. The Kier molecular flexibility index (Phi) is 2.91. The van der Waals surface area contributed by atoms with Gasteiger partial charge in [-0.05, 0) is 42.7 Å². The SMILES string of the molecule is Cc1ccc(N)c(Cc2cccc(F)c2)c1. The van der Waals surface area contributed by atoms with E-state index in [0.717, 1.165) is 16.8 Å². The Hall–Kier alpha value is -1.83. The summed E-state index contributed by atoms with van der Waals surface area (Å²) in [4.78, 5) is 0. The topological polar surface area (TPSA) is 26.0 Å². The standard InChI is InChI=1S/C14H14FN/c1-10-5-6-14(16)12(7-10)8-11-3-2-4-13(15)9-11/h2-7,9H,8,16H2,1H3. The Morgan fingerprint density at radius 1 is 1.12 bits per heavy atom. The summed E-state index contributed by atoms with van der Waals surface area (Å²) in [6, 6.07) is 12.5. The summed E-state index contributed by atoms with van der Waals surface area (Å²) < 4.78 is 13.0. The Morgan fingerprint density at radius 2 is 1.94 bits per heavy atom. The van der Waals surface area contributed by atoms with Crippen LogP contribution in [-0.2, 0) is 6.42 Å². The van der Waals surface area contributed by atoms with Gasteiger partial charge in [-0.1, -0.05) is 29.8 Å². The minimum atomic E-state index is -0.205. The maximum Gasteiger partial charge on any atom is 0.123 e. The fourth-order valence-electron chi connectivity index (χ4n) is 1.75. The van der Waals surface area contributed by atoms with Crippen molar-refractivity contribution in [1.29, 1.82) is 0 Å². The number of benzene rings is 2. The molecule has 16 heavy (non-hydrogen) atoms. The van der Waals surface area contributed by atoms with Crippen LogP contribution in [0.3, 0.4) is 0 Å². The van der Waals surface area contributed by atoms with E-state index in [1.807, 2.05) is 31.2 Å². The van der Waals surface area contributed by atoms with E-state index in [1.54, 1.807) is 12.1 Å². The van der Waals surface area contributed by atoms with Gasteiger partial charge < -0.3 is 5.73 Å². The number of anilines is 1. The quantitative estimate of drug-likeness (QED) is 0.764. The van der Waals surface area contributed by atoms with Gasteiger partial charge in [-0.15, -0.1) is 0 Å². The zero-order valence-electron chi connectivity index (χ0n) is 9.20. The number of hydrogen-bond donors (Lipinski definition) is 1. The van der Waals surface area contributed by atoms with Crippen LogP contribution >= 0.6 is 0 Å². The molecule has 2 heteroatoms. The van der Waals surface area contributed by atoms with Gasteiger partial charge in [0.1, 0.15) is 5.82 Å². The predicted molar refractivity (Wildman–Crippen MR) is 64.8 cm³/mol. The zero-order chi connectivity index (χ0) is 11.5. The third-order valence-corrected chi connectivity index (χ3v) is 2.58. The molecule has 2 aromatic carbocycles. The van der Waals surface area contributed by atoms with E-state index in [-0.39, 0.29) is 5.82 Å². The van der Waals surface area contributed by atoms with E-state index in [0.29, 0.717) is 6.42 Å².